The number of unbranched alkanes of at least 4 members (excludes halogenated alkanes) is 1. The van der Waals surface area contributed by atoms with E-state index in [0.29, 0.717) is 12.2 Å². The van der Waals surface area contributed by atoms with Crippen LogP contribution in [0.2, 0.25) is 0 Å². The number of likely N-dealkylation sites (N-methyl/N-ethyl adjacent to an activating group) is 1. The highest BCUT2D eigenvalue weighted by Gasteiger charge is 2.18. The number of benzene rings is 1. The van der Waals surface area contributed by atoms with Gasteiger partial charge < -0.3 is 10.2 Å². The molecule has 0 bridgehead atoms. The van der Waals surface area contributed by atoms with Gasteiger partial charge in [0.25, 0.3) is 0 Å². The van der Waals surface area contributed by atoms with Gasteiger partial charge in [0.1, 0.15) is 0 Å². The number of amides is 2. The van der Waals surface area contributed by atoms with Crippen LogP contribution in [0.15, 0.2) is 22.7 Å². The molecule has 0 unspecified atom stereocenters. The van der Waals surface area contributed by atoms with Gasteiger partial charge in [-0.1, -0.05) is 19.4 Å². The van der Waals surface area contributed by atoms with Gasteiger partial charge in [0.2, 0.25) is 0 Å². The van der Waals surface area contributed by atoms with E-state index in [2.05, 4.69) is 21.2 Å². The first-order valence-electron chi connectivity index (χ1n) is 6.28. The largest absolute Gasteiger partial charge is 0.338 e. The second-order valence-electron chi connectivity index (χ2n) is 4.52. The van der Waals surface area contributed by atoms with Crippen LogP contribution in [0, 0.1) is 6.92 Å². The van der Waals surface area contributed by atoms with E-state index in [1.807, 2.05) is 26.0 Å². The third kappa shape index (κ3) is 4.67. The summed E-state index contributed by atoms with van der Waals surface area (Å²) in [5.74, 6) is -1.12. The summed E-state index contributed by atoms with van der Waals surface area (Å²) in [6.07, 6.45) is 1.88. The average molecular weight is 327 g/mol. The number of anilines is 1. The van der Waals surface area contributed by atoms with E-state index in [1.165, 1.54) is 4.90 Å². The molecule has 0 heterocycles. The highest BCUT2D eigenvalue weighted by molar-refractivity contribution is 9.10. The minimum atomic E-state index is -0.608. The zero-order chi connectivity index (χ0) is 14.4. The van der Waals surface area contributed by atoms with Crippen molar-refractivity contribution in [2.24, 2.45) is 0 Å². The van der Waals surface area contributed by atoms with Gasteiger partial charge in [-0.15, -0.1) is 0 Å². The Morgan fingerprint density at radius 2 is 2.05 bits per heavy atom. The third-order valence-electron chi connectivity index (χ3n) is 2.76. The molecule has 0 aromatic heterocycles. The standard InChI is InChI=1S/C14H19BrN2O2/c1-4-5-8-17(3)14(19)13(18)16-12-7-6-10(2)9-11(12)15/h6-7,9H,4-5,8H2,1-3H3,(H,16,18). The van der Waals surface area contributed by atoms with E-state index in [4.69, 9.17) is 0 Å². The number of hydrogen-bond donors (Lipinski definition) is 1. The predicted octanol–water partition coefficient (Wildman–Crippen LogP) is 2.95. The van der Waals surface area contributed by atoms with Crippen molar-refractivity contribution >= 4 is 33.4 Å². The molecule has 1 aromatic carbocycles. The first-order valence-corrected chi connectivity index (χ1v) is 7.07. The maximum atomic E-state index is 11.8. The number of carbonyl (C=O) groups is 2. The van der Waals surface area contributed by atoms with Crippen molar-refractivity contribution < 1.29 is 9.59 Å². The molecule has 19 heavy (non-hydrogen) atoms. The number of nitrogens with zero attached hydrogens (tertiary/aromatic N) is 1. The van der Waals surface area contributed by atoms with Crippen LogP contribution in [0.3, 0.4) is 0 Å². The van der Waals surface area contributed by atoms with Crippen LogP contribution >= 0.6 is 15.9 Å². The third-order valence-corrected chi connectivity index (χ3v) is 3.42. The Kier molecular flexibility index (Phi) is 6.02. The monoisotopic (exact) mass is 326 g/mol. The zero-order valence-electron chi connectivity index (χ0n) is 11.5. The summed E-state index contributed by atoms with van der Waals surface area (Å²) in [7, 11) is 1.64. The second kappa shape index (κ2) is 7.28. The van der Waals surface area contributed by atoms with Gasteiger partial charge in [-0.3, -0.25) is 9.59 Å². The van der Waals surface area contributed by atoms with Crippen LogP contribution in [-0.2, 0) is 9.59 Å². The normalized spacial score (nSPS) is 10.1. The first-order chi connectivity index (χ1) is 8.95. The molecular formula is C14H19BrN2O2. The van der Waals surface area contributed by atoms with Gasteiger partial charge in [0, 0.05) is 18.1 Å². The van der Waals surface area contributed by atoms with E-state index in [0.717, 1.165) is 22.9 Å². The van der Waals surface area contributed by atoms with Crippen LogP contribution in [0.5, 0.6) is 0 Å². The molecule has 0 radical (unpaired) electrons. The van der Waals surface area contributed by atoms with Crippen molar-refractivity contribution in [2.75, 3.05) is 18.9 Å². The molecule has 0 atom stereocenters. The highest BCUT2D eigenvalue weighted by Crippen LogP contribution is 2.23. The Hall–Kier alpha value is -1.36. The van der Waals surface area contributed by atoms with E-state index in [-0.39, 0.29) is 0 Å². The van der Waals surface area contributed by atoms with Gasteiger partial charge in [0.15, 0.2) is 0 Å². The zero-order valence-corrected chi connectivity index (χ0v) is 13.1. The minimum absolute atomic E-state index is 0.513. The summed E-state index contributed by atoms with van der Waals surface area (Å²) in [6, 6.07) is 5.54. The SMILES string of the molecule is CCCCN(C)C(=O)C(=O)Nc1ccc(C)cc1Br. The lowest BCUT2D eigenvalue weighted by Crippen LogP contribution is -2.37. The van der Waals surface area contributed by atoms with Crippen molar-refractivity contribution in [1.82, 2.24) is 4.90 Å². The van der Waals surface area contributed by atoms with E-state index >= 15 is 0 Å². The Labute approximate surface area is 122 Å². The molecule has 0 saturated carbocycles. The maximum absolute atomic E-state index is 11.8. The van der Waals surface area contributed by atoms with Crippen molar-refractivity contribution in [3.8, 4) is 0 Å². The van der Waals surface area contributed by atoms with Gasteiger partial charge >= 0.3 is 11.8 Å². The lowest BCUT2D eigenvalue weighted by molar-refractivity contribution is -0.142. The topological polar surface area (TPSA) is 49.4 Å². The smallest absolute Gasteiger partial charge is 0.313 e. The molecule has 0 aliphatic carbocycles. The summed E-state index contributed by atoms with van der Waals surface area (Å²) in [5, 5.41) is 2.62. The number of hydrogen-bond acceptors (Lipinski definition) is 2. The summed E-state index contributed by atoms with van der Waals surface area (Å²) in [4.78, 5) is 25.1. The van der Waals surface area contributed by atoms with Gasteiger partial charge in [0.05, 0.1) is 5.69 Å². The summed E-state index contributed by atoms with van der Waals surface area (Å²) in [6.45, 7) is 4.60. The lowest BCUT2D eigenvalue weighted by atomic mass is 10.2. The molecule has 0 aliphatic heterocycles. The molecule has 2 amide bonds. The molecule has 0 fully saturated rings. The van der Waals surface area contributed by atoms with Gasteiger partial charge in [-0.25, -0.2) is 0 Å². The van der Waals surface area contributed by atoms with Crippen molar-refractivity contribution in [3.05, 3.63) is 28.2 Å². The van der Waals surface area contributed by atoms with E-state index < -0.39 is 11.8 Å². The molecule has 1 aromatic rings. The van der Waals surface area contributed by atoms with Crippen LogP contribution < -0.4 is 5.32 Å². The van der Waals surface area contributed by atoms with E-state index in [9.17, 15) is 9.59 Å². The molecule has 1 N–H and O–H groups in total. The number of halogens is 1. The van der Waals surface area contributed by atoms with Crippen molar-refractivity contribution in [1.29, 1.82) is 0 Å². The lowest BCUT2D eigenvalue weighted by Gasteiger charge is -2.16. The van der Waals surface area contributed by atoms with Crippen LogP contribution in [0.25, 0.3) is 0 Å². The van der Waals surface area contributed by atoms with Crippen molar-refractivity contribution in [3.63, 3.8) is 0 Å². The summed E-state index contributed by atoms with van der Waals surface area (Å²) < 4.78 is 0.768. The number of aryl methyl sites for hydroxylation is 1. The molecule has 5 heteroatoms. The molecule has 0 spiro atoms. The second-order valence-corrected chi connectivity index (χ2v) is 5.37. The van der Waals surface area contributed by atoms with Gasteiger partial charge in [-0.05, 0) is 47.0 Å². The molecule has 0 aliphatic rings. The molecule has 4 nitrogen and oxygen atoms in total. The Morgan fingerprint density at radius 3 is 2.63 bits per heavy atom. The Balaban J connectivity index is 2.66. The molecule has 0 saturated heterocycles. The van der Waals surface area contributed by atoms with Gasteiger partial charge in [-0.2, -0.15) is 0 Å². The number of carbonyl (C=O) groups excluding carboxylic acids is 2. The molecule has 104 valence electrons. The summed E-state index contributed by atoms with van der Waals surface area (Å²) >= 11 is 3.36. The molecule has 1 rings (SSSR count). The number of rotatable bonds is 4. The predicted molar refractivity (Wildman–Crippen MR) is 80.1 cm³/mol. The Morgan fingerprint density at radius 1 is 1.37 bits per heavy atom. The quantitative estimate of drug-likeness (QED) is 0.865. The summed E-state index contributed by atoms with van der Waals surface area (Å²) in [5.41, 5.74) is 1.68. The average Bonchev–Trinajstić information content (AvgIpc) is 2.38. The highest BCUT2D eigenvalue weighted by atomic mass is 79.9. The minimum Gasteiger partial charge on any atom is -0.338 e. The van der Waals surface area contributed by atoms with Crippen molar-refractivity contribution in [2.45, 2.75) is 26.7 Å². The number of nitrogens with one attached hydrogen (secondary N) is 1. The van der Waals surface area contributed by atoms with E-state index in [1.54, 1.807) is 13.1 Å². The fourth-order valence-corrected chi connectivity index (χ4v) is 2.16. The fourth-order valence-electron chi connectivity index (χ4n) is 1.57. The van der Waals surface area contributed by atoms with Crippen LogP contribution in [0.1, 0.15) is 25.3 Å². The Bertz CT molecular complexity index is 475. The fraction of sp³-hybridized carbons (Fsp3) is 0.429. The molecular weight excluding hydrogens is 308 g/mol. The maximum Gasteiger partial charge on any atom is 0.313 e. The van der Waals surface area contributed by atoms with Crippen LogP contribution in [0.4, 0.5) is 5.69 Å². The van der Waals surface area contributed by atoms with Crippen LogP contribution in [-0.4, -0.2) is 30.3 Å². The first kappa shape index (κ1) is 15.7.